The smallest absolute Gasteiger partial charge is 0.340 e. The number of pyridine rings is 1. The zero-order chi connectivity index (χ0) is 20.6. The van der Waals surface area contributed by atoms with Crippen LogP contribution in [0.15, 0.2) is 48.7 Å². The molecule has 0 fully saturated rings. The number of amides is 1. The summed E-state index contributed by atoms with van der Waals surface area (Å²) in [6.07, 6.45) is -2.03. The van der Waals surface area contributed by atoms with Gasteiger partial charge in [0.1, 0.15) is 0 Å². The van der Waals surface area contributed by atoms with Crippen LogP contribution in [0.1, 0.15) is 15.9 Å². The Balaban J connectivity index is 0.00000420. The summed E-state index contributed by atoms with van der Waals surface area (Å²) >= 11 is 0. The third-order valence-corrected chi connectivity index (χ3v) is 3.91. The summed E-state index contributed by atoms with van der Waals surface area (Å²) in [5, 5.41) is 0. The Morgan fingerprint density at radius 1 is 1.14 bits per heavy atom. The number of aromatic nitrogens is 1. The molecule has 1 amide bonds. The predicted molar refractivity (Wildman–Crippen MR) is 103 cm³/mol. The Labute approximate surface area is 172 Å². The van der Waals surface area contributed by atoms with Gasteiger partial charge in [0.05, 0.1) is 5.56 Å². The number of carbonyl (C=O) groups is 1. The van der Waals surface area contributed by atoms with Gasteiger partial charge in [0.2, 0.25) is 5.88 Å². The van der Waals surface area contributed by atoms with E-state index in [4.69, 9.17) is 5.73 Å². The molecule has 0 aliphatic heterocycles. The number of rotatable bonds is 10. The number of nitrogens with two attached hydrogens (primary N) is 1. The van der Waals surface area contributed by atoms with Crippen molar-refractivity contribution in [1.82, 2.24) is 9.88 Å². The molecule has 0 radical (unpaired) electrons. The fourth-order valence-corrected chi connectivity index (χ4v) is 2.39. The first-order valence-electron chi connectivity index (χ1n) is 8.61. The second kappa shape index (κ2) is 11.6. The van der Waals surface area contributed by atoms with Crippen LogP contribution in [0, 0.1) is 0 Å². The fourth-order valence-electron chi connectivity index (χ4n) is 2.39. The number of alkyl halides is 4. The Kier molecular flexibility index (Phi) is 9.84. The Bertz CT molecular complexity index is 749. The summed E-state index contributed by atoms with van der Waals surface area (Å²) in [5.41, 5.74) is 6.87. The number of halogens is 5. The van der Waals surface area contributed by atoms with Gasteiger partial charge < -0.3 is 15.4 Å². The van der Waals surface area contributed by atoms with Gasteiger partial charge >= 0.3 is 12.3 Å². The molecular formula is C19H22ClF4N3O2. The van der Waals surface area contributed by atoms with Crippen LogP contribution in [-0.2, 0) is 6.42 Å². The predicted octanol–water partition coefficient (Wildman–Crippen LogP) is 3.43. The van der Waals surface area contributed by atoms with Crippen molar-refractivity contribution in [3.05, 3.63) is 59.8 Å². The molecule has 0 saturated carbocycles. The lowest BCUT2D eigenvalue weighted by molar-refractivity contribution is -0.148. The Morgan fingerprint density at radius 3 is 2.38 bits per heavy atom. The van der Waals surface area contributed by atoms with Crippen LogP contribution in [0.3, 0.4) is 0 Å². The minimum absolute atomic E-state index is 0. The van der Waals surface area contributed by atoms with Gasteiger partial charge in [-0.3, -0.25) is 4.79 Å². The van der Waals surface area contributed by atoms with Gasteiger partial charge in [0.25, 0.3) is 5.91 Å². The summed E-state index contributed by atoms with van der Waals surface area (Å²) in [7, 11) is 0. The average molecular weight is 436 g/mol. The second-order valence-electron chi connectivity index (χ2n) is 6.05. The normalized spacial score (nSPS) is 11.1. The van der Waals surface area contributed by atoms with E-state index < -0.39 is 19.0 Å². The first kappa shape index (κ1) is 24.6. The van der Waals surface area contributed by atoms with Crippen LogP contribution in [-0.4, -0.2) is 54.4 Å². The van der Waals surface area contributed by atoms with E-state index in [0.29, 0.717) is 19.5 Å². The van der Waals surface area contributed by atoms with Gasteiger partial charge in [-0.25, -0.2) is 13.8 Å². The summed E-state index contributed by atoms with van der Waals surface area (Å²) in [6, 6.07) is 12.2. The molecule has 0 atom stereocenters. The number of nitrogens with zero attached hydrogens (tertiary/aromatic N) is 2. The molecule has 160 valence electrons. The highest BCUT2D eigenvalue weighted by Gasteiger charge is 2.41. The topological polar surface area (TPSA) is 68.5 Å². The molecule has 29 heavy (non-hydrogen) atoms. The van der Waals surface area contributed by atoms with Crippen LogP contribution in [0.4, 0.5) is 17.6 Å². The van der Waals surface area contributed by atoms with Gasteiger partial charge in [-0.05, 0) is 18.1 Å². The Morgan fingerprint density at radius 2 is 1.83 bits per heavy atom. The zero-order valence-corrected chi connectivity index (χ0v) is 16.3. The van der Waals surface area contributed by atoms with E-state index in [1.165, 1.54) is 12.1 Å². The molecule has 0 saturated heterocycles. The highest BCUT2D eigenvalue weighted by atomic mass is 35.5. The number of hydrogen-bond donors (Lipinski definition) is 1. The third kappa shape index (κ3) is 7.51. The standard InChI is InChI=1S/C19H21F4N3O2.ClH/c20-18(21)19(22,23)13-28-16-7-6-15(12-25-16)17(27)26(11-9-24)10-8-14-4-2-1-3-5-14;/h1-7,12,18H,8-11,13,24H2;1H. The van der Waals surface area contributed by atoms with Crippen LogP contribution in [0.2, 0.25) is 0 Å². The highest BCUT2D eigenvalue weighted by molar-refractivity contribution is 5.94. The number of ether oxygens (including phenoxy) is 1. The van der Waals surface area contributed by atoms with Crippen LogP contribution in [0.5, 0.6) is 5.88 Å². The molecule has 0 spiro atoms. The largest absolute Gasteiger partial charge is 0.471 e. The van der Waals surface area contributed by atoms with E-state index >= 15 is 0 Å². The van der Waals surface area contributed by atoms with E-state index in [0.717, 1.165) is 11.8 Å². The van der Waals surface area contributed by atoms with E-state index in [-0.39, 0.29) is 36.3 Å². The number of carbonyl (C=O) groups excluding carboxylic acids is 1. The maximum Gasteiger partial charge on any atom is 0.340 e. The minimum Gasteiger partial charge on any atom is -0.471 e. The fraction of sp³-hybridized carbons (Fsp3) is 0.368. The van der Waals surface area contributed by atoms with Crippen molar-refractivity contribution in [1.29, 1.82) is 0 Å². The SMILES string of the molecule is Cl.NCCN(CCc1ccccc1)C(=O)c1ccc(OCC(F)(F)C(F)F)nc1. The van der Waals surface area contributed by atoms with Crippen molar-refractivity contribution in [2.75, 3.05) is 26.2 Å². The van der Waals surface area contributed by atoms with Crippen molar-refractivity contribution in [3.63, 3.8) is 0 Å². The van der Waals surface area contributed by atoms with Gasteiger partial charge in [-0.1, -0.05) is 30.3 Å². The molecular weight excluding hydrogens is 414 g/mol. The molecule has 2 N–H and O–H groups in total. The van der Waals surface area contributed by atoms with Crippen molar-refractivity contribution >= 4 is 18.3 Å². The highest BCUT2D eigenvalue weighted by Crippen LogP contribution is 2.23. The van der Waals surface area contributed by atoms with Gasteiger partial charge in [-0.2, -0.15) is 8.78 Å². The van der Waals surface area contributed by atoms with Gasteiger partial charge in [-0.15, -0.1) is 12.4 Å². The van der Waals surface area contributed by atoms with E-state index in [1.54, 1.807) is 4.90 Å². The number of benzene rings is 1. The van der Waals surface area contributed by atoms with Gasteiger partial charge in [0, 0.05) is 31.9 Å². The Hall–Kier alpha value is -2.39. The van der Waals surface area contributed by atoms with E-state index in [1.807, 2.05) is 30.3 Å². The summed E-state index contributed by atoms with van der Waals surface area (Å²) in [6.45, 7) is -0.442. The molecule has 10 heteroatoms. The molecule has 0 aliphatic carbocycles. The zero-order valence-electron chi connectivity index (χ0n) is 15.4. The van der Waals surface area contributed by atoms with Crippen molar-refractivity contribution < 1.29 is 27.1 Å². The number of hydrogen-bond acceptors (Lipinski definition) is 4. The average Bonchev–Trinajstić information content (AvgIpc) is 2.70. The maximum atomic E-state index is 12.9. The van der Waals surface area contributed by atoms with Crippen molar-refractivity contribution in [2.24, 2.45) is 5.73 Å². The molecule has 5 nitrogen and oxygen atoms in total. The lowest BCUT2D eigenvalue weighted by Gasteiger charge is -2.22. The monoisotopic (exact) mass is 435 g/mol. The second-order valence-corrected chi connectivity index (χ2v) is 6.05. The molecule has 0 bridgehead atoms. The maximum absolute atomic E-state index is 12.9. The summed E-state index contributed by atoms with van der Waals surface area (Å²) in [5.74, 6) is -4.86. The van der Waals surface area contributed by atoms with Gasteiger partial charge in [0.15, 0.2) is 6.61 Å². The lowest BCUT2D eigenvalue weighted by Crippen LogP contribution is -2.37. The molecule has 0 aliphatic rings. The summed E-state index contributed by atoms with van der Waals surface area (Å²) < 4.78 is 54.6. The quantitative estimate of drug-likeness (QED) is 0.581. The minimum atomic E-state index is -4.27. The molecule has 2 rings (SSSR count). The molecule has 1 aromatic heterocycles. The summed E-state index contributed by atoms with van der Waals surface area (Å²) in [4.78, 5) is 18.0. The molecule has 1 heterocycles. The van der Waals surface area contributed by atoms with Crippen LogP contribution in [0.25, 0.3) is 0 Å². The molecule has 1 aromatic carbocycles. The first-order chi connectivity index (χ1) is 13.3. The molecule has 0 unspecified atom stereocenters. The first-order valence-corrected chi connectivity index (χ1v) is 8.61. The van der Waals surface area contributed by atoms with Crippen molar-refractivity contribution in [3.8, 4) is 5.88 Å². The lowest BCUT2D eigenvalue weighted by atomic mass is 10.1. The third-order valence-electron chi connectivity index (χ3n) is 3.91. The van der Waals surface area contributed by atoms with E-state index in [2.05, 4.69) is 9.72 Å². The van der Waals surface area contributed by atoms with Crippen molar-refractivity contribution in [2.45, 2.75) is 18.8 Å². The van der Waals surface area contributed by atoms with Crippen LogP contribution >= 0.6 is 12.4 Å². The van der Waals surface area contributed by atoms with E-state index in [9.17, 15) is 22.4 Å². The molecule has 2 aromatic rings. The van der Waals surface area contributed by atoms with Crippen LogP contribution < -0.4 is 10.5 Å².